The van der Waals surface area contributed by atoms with Crippen LogP contribution in [0.1, 0.15) is 12.0 Å². The number of methoxy groups -OCH3 is 1. The number of aryl methyl sites for hydroxylation is 1. The molecule has 69 valence electrons. The van der Waals surface area contributed by atoms with Gasteiger partial charge in [0.05, 0.1) is 7.11 Å². The molecule has 1 radical (unpaired) electrons. The fraction of sp³-hybridized carbons (Fsp3) is 0.300. The van der Waals surface area contributed by atoms with Gasteiger partial charge in [-0.3, -0.25) is 4.79 Å². The van der Waals surface area contributed by atoms with Crippen molar-refractivity contribution in [3.8, 4) is 5.75 Å². The summed E-state index contributed by atoms with van der Waals surface area (Å²) in [6.45, 7) is 0. The van der Waals surface area contributed by atoms with Crippen molar-refractivity contribution in [3.05, 3.63) is 29.8 Å². The third-order valence-corrected chi connectivity index (χ3v) is 1.70. The van der Waals surface area contributed by atoms with E-state index in [1.807, 2.05) is 6.07 Å². The molecule has 0 bridgehead atoms. The first-order valence-corrected chi connectivity index (χ1v) is 3.99. The number of hydrogen-bond donors (Lipinski definition) is 1. The predicted octanol–water partition coefficient (Wildman–Crippen LogP) is 1.51. The summed E-state index contributed by atoms with van der Waals surface area (Å²) >= 11 is 0. The molecule has 13 heavy (non-hydrogen) atoms. The van der Waals surface area contributed by atoms with Gasteiger partial charge in [0, 0.05) is 12.5 Å². The maximum atomic E-state index is 10.3. The van der Waals surface area contributed by atoms with Gasteiger partial charge >= 0.3 is 5.97 Å². The van der Waals surface area contributed by atoms with Crippen LogP contribution in [-0.2, 0) is 11.2 Å². The molecule has 0 aromatic heterocycles. The third-order valence-electron chi connectivity index (χ3n) is 1.70. The molecule has 0 fully saturated rings. The van der Waals surface area contributed by atoms with Crippen LogP contribution in [0.25, 0.3) is 0 Å². The number of carbonyl (C=O) groups is 1. The van der Waals surface area contributed by atoms with Crippen molar-refractivity contribution < 1.29 is 14.6 Å². The molecule has 0 spiro atoms. The Morgan fingerprint density at radius 3 is 2.85 bits per heavy atom. The highest BCUT2D eigenvalue weighted by atomic mass is 16.5. The quantitative estimate of drug-likeness (QED) is 0.762. The molecule has 3 heteroatoms. The van der Waals surface area contributed by atoms with Crippen molar-refractivity contribution in [2.45, 2.75) is 12.8 Å². The van der Waals surface area contributed by atoms with Gasteiger partial charge in [-0.05, 0) is 24.1 Å². The molecule has 1 rings (SSSR count). The first-order valence-electron chi connectivity index (χ1n) is 3.99. The lowest BCUT2D eigenvalue weighted by Crippen LogP contribution is -1.97. The van der Waals surface area contributed by atoms with Crippen molar-refractivity contribution >= 4 is 5.97 Å². The Morgan fingerprint density at radius 1 is 1.62 bits per heavy atom. The smallest absolute Gasteiger partial charge is 0.303 e. The zero-order valence-corrected chi connectivity index (χ0v) is 7.41. The summed E-state index contributed by atoms with van der Waals surface area (Å²) in [7, 11) is 1.57. The van der Waals surface area contributed by atoms with E-state index in [0.717, 1.165) is 5.56 Å². The lowest BCUT2D eigenvalue weighted by atomic mass is 10.1. The van der Waals surface area contributed by atoms with Crippen molar-refractivity contribution in [1.82, 2.24) is 0 Å². The molecule has 0 atom stereocenters. The fourth-order valence-corrected chi connectivity index (χ4v) is 0.977. The zero-order chi connectivity index (χ0) is 9.68. The minimum atomic E-state index is -0.782. The summed E-state index contributed by atoms with van der Waals surface area (Å²) in [6, 6.07) is 8.27. The number of carboxylic acid groups (broad SMARTS) is 1. The highest BCUT2D eigenvalue weighted by Crippen LogP contribution is 2.11. The highest BCUT2D eigenvalue weighted by molar-refractivity contribution is 5.67. The third kappa shape index (κ3) is 3.15. The molecule has 1 N–H and O–H groups in total. The van der Waals surface area contributed by atoms with Crippen molar-refractivity contribution in [1.29, 1.82) is 0 Å². The van der Waals surface area contributed by atoms with E-state index in [-0.39, 0.29) is 6.42 Å². The molecular weight excluding hydrogens is 168 g/mol. The van der Waals surface area contributed by atoms with Crippen LogP contribution in [-0.4, -0.2) is 18.2 Å². The molecule has 0 aliphatic rings. The molecule has 0 saturated heterocycles. The highest BCUT2D eigenvalue weighted by Gasteiger charge is 1.99. The van der Waals surface area contributed by atoms with Gasteiger partial charge in [-0.25, -0.2) is 0 Å². The first kappa shape index (κ1) is 9.58. The van der Waals surface area contributed by atoms with Crippen LogP contribution in [0.3, 0.4) is 0 Å². The molecule has 1 aromatic rings. The second kappa shape index (κ2) is 4.50. The summed E-state index contributed by atoms with van der Waals surface area (Å²) in [4.78, 5) is 10.3. The number of ether oxygens (including phenoxy) is 1. The first-order chi connectivity index (χ1) is 6.22. The Morgan fingerprint density at radius 2 is 2.38 bits per heavy atom. The molecule has 0 amide bonds. The molecule has 0 aliphatic carbocycles. The van der Waals surface area contributed by atoms with Gasteiger partial charge in [-0.15, -0.1) is 0 Å². The second-order valence-electron chi connectivity index (χ2n) is 2.66. The Balaban J connectivity index is 2.54. The maximum absolute atomic E-state index is 10.3. The van der Waals surface area contributed by atoms with Crippen LogP contribution in [0.15, 0.2) is 18.2 Å². The Labute approximate surface area is 77.0 Å². The van der Waals surface area contributed by atoms with Gasteiger partial charge in [0.25, 0.3) is 0 Å². The van der Waals surface area contributed by atoms with Gasteiger partial charge in [-0.1, -0.05) is 6.07 Å². The zero-order valence-electron chi connectivity index (χ0n) is 7.41. The normalized spacial score (nSPS) is 9.62. The standard InChI is InChI=1S/C10H11O3/c1-13-9-5-2-8(3-6-9)4-7-10(11)12/h2-3,5H,4,7H2,1H3,(H,11,12). The number of rotatable bonds is 4. The molecule has 0 saturated carbocycles. The van der Waals surface area contributed by atoms with E-state index in [2.05, 4.69) is 6.07 Å². The monoisotopic (exact) mass is 179 g/mol. The fourth-order valence-electron chi connectivity index (χ4n) is 0.977. The molecule has 3 nitrogen and oxygen atoms in total. The van der Waals surface area contributed by atoms with Crippen LogP contribution in [0.2, 0.25) is 0 Å². The summed E-state index contributed by atoms with van der Waals surface area (Å²) in [5.41, 5.74) is 0.961. The van der Waals surface area contributed by atoms with Crippen LogP contribution >= 0.6 is 0 Å². The van der Waals surface area contributed by atoms with Gasteiger partial charge in [0.15, 0.2) is 0 Å². The minimum absolute atomic E-state index is 0.153. The molecule has 0 heterocycles. The van der Waals surface area contributed by atoms with Crippen LogP contribution in [0.5, 0.6) is 5.75 Å². The molecule has 0 aliphatic heterocycles. The number of aliphatic carboxylic acids is 1. The van der Waals surface area contributed by atoms with Crippen molar-refractivity contribution in [2.75, 3.05) is 7.11 Å². The lowest BCUT2D eigenvalue weighted by Gasteiger charge is -2.00. The topological polar surface area (TPSA) is 46.5 Å². The van der Waals surface area contributed by atoms with E-state index in [0.29, 0.717) is 12.2 Å². The van der Waals surface area contributed by atoms with Gasteiger partial charge in [0.1, 0.15) is 5.75 Å². The van der Waals surface area contributed by atoms with Crippen LogP contribution in [0, 0.1) is 6.07 Å². The number of hydrogen-bond acceptors (Lipinski definition) is 2. The van der Waals surface area contributed by atoms with E-state index in [9.17, 15) is 4.79 Å². The van der Waals surface area contributed by atoms with E-state index >= 15 is 0 Å². The largest absolute Gasteiger partial charge is 0.496 e. The predicted molar refractivity (Wildman–Crippen MR) is 47.8 cm³/mol. The molecule has 1 aromatic carbocycles. The minimum Gasteiger partial charge on any atom is -0.496 e. The Bertz CT molecular complexity index is 277. The number of carboxylic acids is 1. The average Bonchev–Trinajstić information content (AvgIpc) is 2.15. The molecular formula is C10H11O3. The van der Waals surface area contributed by atoms with E-state index in [4.69, 9.17) is 9.84 Å². The van der Waals surface area contributed by atoms with Gasteiger partial charge in [0.2, 0.25) is 0 Å². The Hall–Kier alpha value is -1.51. The van der Waals surface area contributed by atoms with Crippen molar-refractivity contribution in [2.24, 2.45) is 0 Å². The summed E-state index contributed by atoms with van der Waals surface area (Å²) < 4.78 is 4.92. The van der Waals surface area contributed by atoms with Crippen molar-refractivity contribution in [3.63, 3.8) is 0 Å². The number of benzene rings is 1. The maximum Gasteiger partial charge on any atom is 0.303 e. The van der Waals surface area contributed by atoms with Gasteiger partial charge in [-0.2, -0.15) is 0 Å². The van der Waals surface area contributed by atoms with E-state index in [1.165, 1.54) is 0 Å². The average molecular weight is 179 g/mol. The van der Waals surface area contributed by atoms with Crippen LogP contribution in [0.4, 0.5) is 0 Å². The lowest BCUT2D eigenvalue weighted by molar-refractivity contribution is -0.136. The van der Waals surface area contributed by atoms with E-state index < -0.39 is 5.97 Å². The SMILES string of the molecule is COc1[c]cc(CCC(=O)O)cc1. The summed E-state index contributed by atoms with van der Waals surface area (Å²) in [6.07, 6.45) is 0.690. The molecule has 0 unspecified atom stereocenters. The summed E-state index contributed by atoms with van der Waals surface area (Å²) in [5, 5.41) is 8.44. The second-order valence-corrected chi connectivity index (χ2v) is 2.66. The van der Waals surface area contributed by atoms with E-state index in [1.54, 1.807) is 19.2 Å². The summed E-state index contributed by atoms with van der Waals surface area (Å²) in [5.74, 6) is -0.116. The van der Waals surface area contributed by atoms with Crippen LogP contribution < -0.4 is 4.74 Å². The Kier molecular flexibility index (Phi) is 3.31. The van der Waals surface area contributed by atoms with Gasteiger partial charge < -0.3 is 9.84 Å².